The first-order valence-corrected chi connectivity index (χ1v) is 22.0. The zero-order valence-corrected chi connectivity index (χ0v) is 43.0. The first-order chi connectivity index (χ1) is 29.2. The van der Waals surface area contributed by atoms with Crippen molar-refractivity contribution in [2.45, 2.75) is 20.2 Å². The van der Waals surface area contributed by atoms with Crippen molar-refractivity contribution in [1.29, 1.82) is 0 Å². The molecule has 8 N–H and O–H groups in total. The summed E-state index contributed by atoms with van der Waals surface area (Å²) < 4.78 is 60.1. The monoisotopic (exact) mass is 1280 g/mol. The van der Waals surface area contributed by atoms with Crippen LogP contribution in [0.5, 0.6) is 11.5 Å². The molecule has 6 aromatic carbocycles. The highest BCUT2D eigenvalue weighted by molar-refractivity contribution is 9.11. The Labute approximate surface area is 414 Å². The number of nitrogens with zero attached hydrogens (tertiary/aromatic N) is 2. The number of benzene rings is 6. The van der Waals surface area contributed by atoms with Gasteiger partial charge in [0.1, 0.15) is 17.3 Å². The number of rotatable bonds is 4. The summed E-state index contributed by atoms with van der Waals surface area (Å²) >= 11 is 24.5. The molecule has 0 aromatic heterocycles. The van der Waals surface area contributed by atoms with Crippen LogP contribution in [0, 0.1) is 39.9 Å². The molecule has 0 heterocycles. The van der Waals surface area contributed by atoms with Crippen LogP contribution in [0.15, 0.2) is 136 Å². The van der Waals surface area contributed by atoms with E-state index < -0.39 is 16.2 Å². The average molecular weight is 1290 g/mol. The Kier molecular flexibility index (Phi) is 25.1. The van der Waals surface area contributed by atoms with Crippen molar-refractivity contribution in [2.24, 2.45) is 0 Å². The van der Waals surface area contributed by atoms with E-state index in [1.54, 1.807) is 6.07 Å². The maximum atomic E-state index is 12.4. The second-order valence-electron chi connectivity index (χ2n) is 11.9. The number of halogens is 11. The minimum atomic E-state index is -4.68. The van der Waals surface area contributed by atoms with Crippen molar-refractivity contribution < 1.29 is 36.9 Å². The number of nitro benzene ring substituents is 2. The van der Waals surface area contributed by atoms with Crippen LogP contribution in [0.3, 0.4) is 0 Å². The molecule has 0 atom stereocenters. The van der Waals surface area contributed by atoms with E-state index in [1.807, 2.05) is 50.2 Å². The van der Waals surface area contributed by atoms with E-state index in [0.717, 1.165) is 26.4 Å². The van der Waals surface area contributed by atoms with E-state index >= 15 is 0 Å². The minimum Gasteiger partial charge on any atom is -0.496 e. The van der Waals surface area contributed by atoms with Crippen LogP contribution in [0.4, 0.5) is 51.7 Å². The lowest BCUT2D eigenvalue weighted by Gasteiger charge is -2.10. The summed E-state index contributed by atoms with van der Waals surface area (Å²) in [4.78, 5) is 19.6. The zero-order valence-electron chi connectivity index (χ0n) is 32.7. The summed E-state index contributed by atoms with van der Waals surface area (Å²) in [6.07, 6.45) is -4.68. The fourth-order valence-electron chi connectivity index (χ4n) is 3.88. The predicted octanol–water partition coefficient (Wildman–Crippen LogP) is 15.2. The van der Waals surface area contributed by atoms with Gasteiger partial charge in [-0.15, -0.1) is 13.2 Å². The Hall–Kier alpha value is -4.19. The maximum absolute atomic E-state index is 12.4. The molecule has 23 heteroatoms. The Bertz CT molecular complexity index is 2360. The highest BCUT2D eigenvalue weighted by Crippen LogP contribution is 2.32. The number of hydrogen-bond acceptors (Lipinski definition) is 10. The number of aryl methyl sites for hydroxylation is 2. The quantitative estimate of drug-likeness (QED) is 0.0568. The number of methoxy groups -OCH3 is 1. The lowest BCUT2D eigenvalue weighted by molar-refractivity contribution is -0.385. The number of hydrogen-bond donors (Lipinski definition) is 4. The molecular weight excluding hydrogens is 1250 g/mol. The van der Waals surface area contributed by atoms with E-state index in [4.69, 9.17) is 39.3 Å². The Morgan fingerprint density at radius 1 is 0.540 bits per heavy atom. The lowest BCUT2D eigenvalue weighted by atomic mass is 10.2. The maximum Gasteiger partial charge on any atom is 0.573 e. The predicted molar refractivity (Wildman–Crippen MR) is 263 cm³/mol. The van der Waals surface area contributed by atoms with Crippen LogP contribution in [0.25, 0.3) is 0 Å². The van der Waals surface area contributed by atoms with Crippen molar-refractivity contribution in [3.8, 4) is 11.5 Å². The van der Waals surface area contributed by atoms with Gasteiger partial charge in [-0.1, -0.05) is 49.5 Å². The van der Waals surface area contributed by atoms with Gasteiger partial charge < -0.3 is 32.4 Å². The van der Waals surface area contributed by atoms with Crippen molar-refractivity contribution in [3.63, 3.8) is 0 Å². The standard InChI is InChI=1S/C7H5BrF3NO.C7H6BrNO3.2C7H8BrN.C6H3BrClNO2.C6H5BrFN/c8-5-3-4(12)1-2-6(5)13-7(9,10)11;1-12-7-3-2-5(9(10)11)4-6(7)8;1-5-4-6(9)2-3-7(5)8;1-5-2-3-6(9)4-7(5)8;7-5-3-4(9(10)11)1-2-6(5)8;7-5-3-4(9)1-2-6(5)8/h1-3H,12H2;2-4H,1H3;2*2-4H,9H2,1H3;1-3H;1-3H,9H2. The molecule has 0 aliphatic carbocycles. The van der Waals surface area contributed by atoms with Gasteiger partial charge in [0, 0.05) is 60.4 Å². The molecule has 338 valence electrons. The van der Waals surface area contributed by atoms with E-state index in [-0.39, 0.29) is 27.4 Å². The highest BCUT2D eigenvalue weighted by atomic mass is 79.9. The highest BCUT2D eigenvalue weighted by Gasteiger charge is 2.31. The first kappa shape index (κ1) is 56.8. The van der Waals surface area contributed by atoms with Gasteiger partial charge in [-0.3, -0.25) is 20.2 Å². The van der Waals surface area contributed by atoms with Crippen LogP contribution in [-0.4, -0.2) is 23.3 Å². The molecule has 0 saturated carbocycles. The number of alkyl halides is 3. The van der Waals surface area contributed by atoms with Crippen LogP contribution in [0.2, 0.25) is 5.02 Å². The molecule has 6 aromatic rings. The van der Waals surface area contributed by atoms with Gasteiger partial charge in [-0.2, -0.15) is 0 Å². The second kappa shape index (κ2) is 27.9. The summed E-state index contributed by atoms with van der Waals surface area (Å²) in [5.41, 5.74) is 26.7. The van der Waals surface area contributed by atoms with Gasteiger partial charge in [-0.25, -0.2) is 4.39 Å². The number of non-ortho nitro benzene ring substituents is 2. The van der Waals surface area contributed by atoms with E-state index in [9.17, 15) is 37.8 Å². The number of anilines is 4. The van der Waals surface area contributed by atoms with Gasteiger partial charge in [0.25, 0.3) is 11.4 Å². The normalized spacial score (nSPS) is 9.94. The Morgan fingerprint density at radius 3 is 1.37 bits per heavy atom. The van der Waals surface area contributed by atoms with Gasteiger partial charge in [0.2, 0.25) is 0 Å². The molecule has 0 bridgehead atoms. The molecule has 0 saturated heterocycles. The van der Waals surface area contributed by atoms with Gasteiger partial charge in [-0.05, 0) is 168 Å². The third-order valence-corrected chi connectivity index (χ3v) is 11.8. The smallest absolute Gasteiger partial charge is 0.496 e. The van der Waals surface area contributed by atoms with Crippen LogP contribution in [0.1, 0.15) is 11.1 Å². The van der Waals surface area contributed by atoms with Crippen LogP contribution in [-0.2, 0) is 0 Å². The molecule has 0 amide bonds. The van der Waals surface area contributed by atoms with Crippen LogP contribution >= 0.6 is 107 Å². The molecule has 6 rings (SSSR count). The molecular formula is C40H35Br6ClF4N6O6. The average Bonchev–Trinajstić information content (AvgIpc) is 3.19. The van der Waals surface area contributed by atoms with Crippen molar-refractivity contribution in [3.05, 3.63) is 178 Å². The third-order valence-electron chi connectivity index (χ3n) is 6.96. The molecule has 0 unspecified atom stereocenters. The second-order valence-corrected chi connectivity index (χ2v) is 17.4. The lowest BCUT2D eigenvalue weighted by Crippen LogP contribution is -2.17. The van der Waals surface area contributed by atoms with Gasteiger partial charge in [0.15, 0.2) is 0 Å². The SMILES string of the molecule is COc1ccc([N+](=O)[O-])cc1Br.Cc1cc(N)ccc1Br.Cc1ccc(N)cc1Br.Nc1ccc(F)c(Br)c1.Nc1ccc(OC(F)(F)F)c(Br)c1.O=[N+]([O-])c1ccc(Cl)c(Br)c1. The fraction of sp³-hybridized carbons (Fsp3) is 0.100. The number of nitrogens with two attached hydrogens (primary N) is 4. The first-order valence-electron chi connectivity index (χ1n) is 16.9. The summed E-state index contributed by atoms with van der Waals surface area (Å²) in [7, 11) is 1.51. The van der Waals surface area contributed by atoms with Crippen molar-refractivity contribution in [2.75, 3.05) is 30.0 Å². The molecule has 0 fully saturated rings. The van der Waals surface area contributed by atoms with E-state index in [2.05, 4.69) is 100 Å². The number of nitrogen functional groups attached to an aromatic ring is 4. The minimum absolute atomic E-state index is 0.0290. The van der Waals surface area contributed by atoms with E-state index in [0.29, 0.717) is 35.6 Å². The summed E-state index contributed by atoms with van der Waals surface area (Å²) in [6, 6.07) is 28.2. The Balaban J connectivity index is 0.000000380. The van der Waals surface area contributed by atoms with Crippen LogP contribution < -0.4 is 32.4 Å². The molecule has 0 spiro atoms. The molecule has 0 aliphatic heterocycles. The van der Waals surface area contributed by atoms with E-state index in [1.165, 1.54) is 78.9 Å². The largest absolute Gasteiger partial charge is 0.573 e. The summed E-state index contributed by atoms with van der Waals surface area (Å²) in [6.45, 7) is 4.05. The third kappa shape index (κ3) is 22.8. The van der Waals surface area contributed by atoms with Crippen molar-refractivity contribution >= 4 is 141 Å². The van der Waals surface area contributed by atoms with Gasteiger partial charge in [0.05, 0.1) is 35.4 Å². The summed E-state index contributed by atoms with van der Waals surface area (Å²) in [5, 5.41) is 21.0. The fourth-order valence-corrected chi connectivity index (χ4v) is 6.41. The molecule has 63 heavy (non-hydrogen) atoms. The zero-order chi connectivity index (χ0) is 48.2. The number of nitro groups is 2. The number of ether oxygens (including phenoxy) is 2. The summed E-state index contributed by atoms with van der Waals surface area (Å²) in [5.74, 6) is -0.00787. The topological polar surface area (TPSA) is 209 Å². The molecule has 12 nitrogen and oxygen atoms in total. The Morgan fingerprint density at radius 2 is 0.968 bits per heavy atom. The van der Waals surface area contributed by atoms with Crippen molar-refractivity contribution in [1.82, 2.24) is 0 Å². The van der Waals surface area contributed by atoms with Gasteiger partial charge >= 0.3 is 6.36 Å². The molecule has 0 aliphatic rings. The molecule has 0 radical (unpaired) electrons.